The molecule has 0 aliphatic carbocycles. The third kappa shape index (κ3) is 4.23. The maximum absolute atomic E-state index is 16.0. The summed E-state index contributed by atoms with van der Waals surface area (Å²) in [7, 11) is 0. The molecule has 6 rings (SSSR count). The van der Waals surface area contributed by atoms with Gasteiger partial charge < -0.3 is 10.3 Å². The maximum atomic E-state index is 16.0. The summed E-state index contributed by atoms with van der Waals surface area (Å²) in [6, 6.07) is 9.00. The molecule has 0 saturated heterocycles. The van der Waals surface area contributed by atoms with Crippen LogP contribution in [-0.2, 0) is 4.79 Å². The van der Waals surface area contributed by atoms with Crippen LogP contribution in [0.2, 0.25) is 0 Å². The van der Waals surface area contributed by atoms with Crippen molar-refractivity contribution in [1.82, 2.24) is 40.1 Å². The Bertz CT molecular complexity index is 1790. The van der Waals surface area contributed by atoms with Crippen LogP contribution in [0.15, 0.2) is 61.3 Å². The first-order valence-electron chi connectivity index (χ1n) is 12.0. The Balaban J connectivity index is 1.42. The SMILES string of the molecule is CC(C)CC(=O)Nc1cncc(-c2ncc3[nH]nc(-c4nc5c(-c6ccccn6)nccc5[nH]4)c3c2F)c1. The van der Waals surface area contributed by atoms with Gasteiger partial charge in [-0.05, 0) is 30.2 Å². The van der Waals surface area contributed by atoms with E-state index in [9.17, 15) is 4.79 Å². The van der Waals surface area contributed by atoms with Crippen molar-refractivity contribution in [2.45, 2.75) is 20.3 Å². The highest BCUT2D eigenvalue weighted by Gasteiger charge is 2.22. The number of nitrogens with one attached hydrogen (secondary N) is 3. The van der Waals surface area contributed by atoms with Crippen LogP contribution in [0, 0.1) is 11.7 Å². The molecule has 188 valence electrons. The van der Waals surface area contributed by atoms with Crippen molar-refractivity contribution in [3.8, 4) is 34.2 Å². The summed E-state index contributed by atoms with van der Waals surface area (Å²) in [5.74, 6) is -0.131. The zero-order valence-corrected chi connectivity index (χ0v) is 20.5. The number of H-pyrrole nitrogens is 2. The van der Waals surface area contributed by atoms with Crippen molar-refractivity contribution in [2.75, 3.05) is 5.32 Å². The van der Waals surface area contributed by atoms with Gasteiger partial charge in [-0.1, -0.05) is 19.9 Å². The second-order valence-corrected chi connectivity index (χ2v) is 9.25. The number of carbonyl (C=O) groups is 1. The standard InChI is InChI=1S/C27H22FN9O/c1-14(2)9-20(38)33-16-10-15(11-29-12-16)23-22(28)21-19(13-32-23)36-37-26(21)27-34-18-6-8-31-24(25(18)35-27)17-5-3-4-7-30-17/h3-8,10-14H,9H2,1-2H3,(H,33,38)(H,34,35)(H,36,37). The summed E-state index contributed by atoms with van der Waals surface area (Å²) < 4.78 is 16.0. The first kappa shape index (κ1) is 23.3. The number of halogens is 1. The van der Waals surface area contributed by atoms with E-state index < -0.39 is 5.82 Å². The van der Waals surface area contributed by atoms with E-state index >= 15 is 4.39 Å². The number of aromatic nitrogens is 8. The molecule has 6 aromatic rings. The zero-order valence-electron chi connectivity index (χ0n) is 20.5. The number of anilines is 1. The van der Waals surface area contributed by atoms with E-state index in [0.717, 1.165) is 5.52 Å². The van der Waals surface area contributed by atoms with Crippen molar-refractivity contribution in [2.24, 2.45) is 5.92 Å². The lowest BCUT2D eigenvalue weighted by atomic mass is 10.1. The molecule has 11 heteroatoms. The quantitative estimate of drug-likeness (QED) is 0.284. The van der Waals surface area contributed by atoms with Crippen LogP contribution in [0.5, 0.6) is 0 Å². The average Bonchev–Trinajstić information content (AvgIpc) is 3.54. The summed E-state index contributed by atoms with van der Waals surface area (Å²) >= 11 is 0. The zero-order chi connectivity index (χ0) is 26.2. The van der Waals surface area contributed by atoms with Gasteiger partial charge in [-0.25, -0.2) is 9.37 Å². The van der Waals surface area contributed by atoms with E-state index in [1.807, 2.05) is 32.0 Å². The number of rotatable bonds is 6. The molecule has 0 fully saturated rings. The molecule has 6 heterocycles. The number of amides is 1. The molecule has 0 aromatic carbocycles. The van der Waals surface area contributed by atoms with E-state index in [-0.39, 0.29) is 22.9 Å². The number of nitrogens with zero attached hydrogens (tertiary/aromatic N) is 6. The third-order valence-electron chi connectivity index (χ3n) is 5.97. The lowest BCUT2D eigenvalue weighted by Crippen LogP contribution is -2.14. The molecule has 38 heavy (non-hydrogen) atoms. The van der Waals surface area contributed by atoms with Crippen LogP contribution < -0.4 is 5.32 Å². The topological polar surface area (TPSA) is 138 Å². The smallest absolute Gasteiger partial charge is 0.224 e. The molecule has 3 N–H and O–H groups in total. The molecule has 0 bridgehead atoms. The highest BCUT2D eigenvalue weighted by molar-refractivity contribution is 5.97. The molecule has 0 saturated carbocycles. The Hall–Kier alpha value is -5.06. The van der Waals surface area contributed by atoms with Gasteiger partial charge in [0.2, 0.25) is 5.91 Å². The molecule has 0 aliphatic rings. The van der Waals surface area contributed by atoms with Crippen LogP contribution in [0.3, 0.4) is 0 Å². The molecule has 0 spiro atoms. The number of carbonyl (C=O) groups excluding carboxylic acids is 1. The van der Waals surface area contributed by atoms with Crippen molar-refractivity contribution in [3.63, 3.8) is 0 Å². The predicted octanol–water partition coefficient (Wildman–Crippen LogP) is 5.14. The van der Waals surface area contributed by atoms with Crippen LogP contribution in [-0.4, -0.2) is 46.0 Å². The Kier molecular flexibility index (Phi) is 5.79. The van der Waals surface area contributed by atoms with E-state index in [1.54, 1.807) is 24.5 Å². The van der Waals surface area contributed by atoms with Crippen LogP contribution >= 0.6 is 0 Å². The minimum Gasteiger partial charge on any atom is -0.336 e. The van der Waals surface area contributed by atoms with Gasteiger partial charge in [-0.2, -0.15) is 5.10 Å². The van der Waals surface area contributed by atoms with E-state index in [2.05, 4.69) is 40.4 Å². The first-order chi connectivity index (χ1) is 18.5. The fourth-order valence-corrected chi connectivity index (χ4v) is 4.31. The van der Waals surface area contributed by atoms with E-state index in [0.29, 0.717) is 51.6 Å². The molecule has 0 unspecified atom stereocenters. The number of pyridine rings is 4. The summed E-state index contributed by atoms with van der Waals surface area (Å²) in [5.41, 5.74) is 4.29. The van der Waals surface area contributed by atoms with Gasteiger partial charge in [0.1, 0.15) is 22.6 Å². The van der Waals surface area contributed by atoms with Gasteiger partial charge in [-0.3, -0.25) is 29.8 Å². The van der Waals surface area contributed by atoms with Crippen LogP contribution in [0.4, 0.5) is 10.1 Å². The van der Waals surface area contributed by atoms with Gasteiger partial charge >= 0.3 is 0 Å². The van der Waals surface area contributed by atoms with Gasteiger partial charge in [-0.15, -0.1) is 0 Å². The largest absolute Gasteiger partial charge is 0.336 e. The minimum absolute atomic E-state index is 0.0829. The Morgan fingerprint density at radius 1 is 1.00 bits per heavy atom. The van der Waals surface area contributed by atoms with Gasteiger partial charge in [0.05, 0.1) is 40.2 Å². The average molecular weight is 508 g/mol. The fourth-order valence-electron chi connectivity index (χ4n) is 4.31. The van der Waals surface area contributed by atoms with Crippen LogP contribution in [0.25, 0.3) is 56.1 Å². The fraction of sp³-hybridized carbons (Fsp3) is 0.148. The Labute approximate surface area is 215 Å². The molecule has 0 atom stereocenters. The van der Waals surface area contributed by atoms with Crippen LogP contribution in [0.1, 0.15) is 20.3 Å². The number of imidazole rings is 1. The summed E-state index contributed by atoms with van der Waals surface area (Å²) in [6.07, 6.45) is 8.26. The molecular weight excluding hydrogens is 485 g/mol. The molecule has 6 aromatic heterocycles. The molecule has 10 nitrogen and oxygen atoms in total. The summed E-state index contributed by atoms with van der Waals surface area (Å²) in [4.78, 5) is 37.5. The maximum Gasteiger partial charge on any atom is 0.224 e. The molecule has 0 radical (unpaired) electrons. The molecular formula is C27H22FN9O. The predicted molar refractivity (Wildman–Crippen MR) is 141 cm³/mol. The van der Waals surface area contributed by atoms with Gasteiger partial charge in [0.25, 0.3) is 0 Å². The normalized spacial score (nSPS) is 11.5. The monoisotopic (exact) mass is 507 g/mol. The summed E-state index contributed by atoms with van der Waals surface area (Å²) in [5, 5.41) is 10.2. The third-order valence-corrected chi connectivity index (χ3v) is 5.97. The second-order valence-electron chi connectivity index (χ2n) is 9.25. The lowest BCUT2D eigenvalue weighted by molar-refractivity contribution is -0.116. The second kappa shape index (κ2) is 9.43. The Morgan fingerprint density at radius 3 is 2.71 bits per heavy atom. The highest BCUT2D eigenvalue weighted by Crippen LogP contribution is 2.34. The van der Waals surface area contributed by atoms with Crippen molar-refractivity contribution < 1.29 is 9.18 Å². The number of aromatic amines is 2. The van der Waals surface area contributed by atoms with Crippen molar-refractivity contribution >= 4 is 33.5 Å². The molecule has 0 aliphatic heterocycles. The minimum atomic E-state index is -0.581. The summed E-state index contributed by atoms with van der Waals surface area (Å²) in [6.45, 7) is 3.92. The Morgan fingerprint density at radius 2 is 1.89 bits per heavy atom. The van der Waals surface area contributed by atoms with Gasteiger partial charge in [0, 0.05) is 30.6 Å². The lowest BCUT2D eigenvalue weighted by Gasteiger charge is -2.09. The first-order valence-corrected chi connectivity index (χ1v) is 12.0. The molecule has 1 amide bonds. The van der Waals surface area contributed by atoms with E-state index in [4.69, 9.17) is 4.98 Å². The van der Waals surface area contributed by atoms with Gasteiger partial charge in [0.15, 0.2) is 11.6 Å². The highest BCUT2D eigenvalue weighted by atomic mass is 19.1. The van der Waals surface area contributed by atoms with Crippen molar-refractivity contribution in [3.05, 3.63) is 67.1 Å². The number of fused-ring (bicyclic) bond motifs is 2. The van der Waals surface area contributed by atoms with E-state index in [1.165, 1.54) is 18.6 Å². The number of hydrogen-bond donors (Lipinski definition) is 3. The van der Waals surface area contributed by atoms with Crippen molar-refractivity contribution in [1.29, 1.82) is 0 Å². The number of hydrogen-bond acceptors (Lipinski definition) is 7.